The Morgan fingerprint density at radius 1 is 0.957 bits per heavy atom. The van der Waals surface area contributed by atoms with Gasteiger partial charge in [0.15, 0.2) is 0 Å². The third-order valence-electron chi connectivity index (χ3n) is 3.59. The van der Waals surface area contributed by atoms with E-state index in [4.69, 9.17) is 4.42 Å². The Morgan fingerprint density at radius 3 is 2.22 bits per heavy atom. The van der Waals surface area contributed by atoms with Crippen LogP contribution < -0.4 is 0 Å². The van der Waals surface area contributed by atoms with E-state index in [1.807, 2.05) is 30.5 Å². The quantitative estimate of drug-likeness (QED) is 0.637. The van der Waals surface area contributed by atoms with Gasteiger partial charge in [0.05, 0.1) is 4.90 Å². The highest BCUT2D eigenvalue weighted by atomic mass is 32.2. The molecule has 1 heterocycles. The second-order valence-electron chi connectivity index (χ2n) is 5.08. The molecule has 0 amide bonds. The number of hydrogen-bond donors (Lipinski definition) is 0. The third kappa shape index (κ3) is 3.07. The Morgan fingerprint density at radius 2 is 1.61 bits per heavy atom. The van der Waals surface area contributed by atoms with E-state index < -0.39 is 9.84 Å². The summed E-state index contributed by atoms with van der Waals surface area (Å²) in [7, 11) is -3.57. The molecule has 0 unspecified atom stereocenters. The highest BCUT2D eigenvalue weighted by Crippen LogP contribution is 2.32. The largest absolute Gasteiger partial charge is 0.460 e. The van der Waals surface area contributed by atoms with Gasteiger partial charge in [-0.1, -0.05) is 30.3 Å². The molecule has 3 rings (SSSR count). The maximum absolute atomic E-state index is 12.7. The molecule has 0 spiro atoms. The maximum Gasteiger partial charge on any atom is 0.210 e. The minimum Gasteiger partial charge on any atom is -0.460 e. The lowest BCUT2D eigenvalue weighted by Crippen LogP contribution is -2.01. The summed E-state index contributed by atoms with van der Waals surface area (Å²) in [5.74, 6) is 0.961. The summed E-state index contributed by atoms with van der Waals surface area (Å²) >= 11 is 1.66. The third-order valence-corrected chi connectivity index (χ3v) is 6.21. The van der Waals surface area contributed by atoms with Gasteiger partial charge < -0.3 is 4.42 Å². The van der Waals surface area contributed by atoms with Crippen molar-refractivity contribution in [1.82, 2.24) is 0 Å². The van der Waals surface area contributed by atoms with Crippen LogP contribution in [-0.4, -0.2) is 14.7 Å². The van der Waals surface area contributed by atoms with Gasteiger partial charge in [-0.2, -0.15) is 0 Å². The van der Waals surface area contributed by atoms with Crippen LogP contribution in [-0.2, 0) is 9.84 Å². The number of furan rings is 1. The fourth-order valence-electron chi connectivity index (χ4n) is 2.36. The predicted molar refractivity (Wildman–Crippen MR) is 92.6 cm³/mol. The molecule has 0 bridgehead atoms. The second kappa shape index (κ2) is 6.26. The van der Waals surface area contributed by atoms with Crippen molar-refractivity contribution >= 4 is 21.6 Å². The number of hydrogen-bond acceptors (Lipinski definition) is 4. The summed E-state index contributed by atoms with van der Waals surface area (Å²) in [6.45, 7) is 1.68. The first-order valence-electron chi connectivity index (χ1n) is 7.07. The average molecular weight is 344 g/mol. The Kier molecular flexibility index (Phi) is 4.33. The Balaban J connectivity index is 2.04. The first-order chi connectivity index (χ1) is 11.0. The first-order valence-corrected chi connectivity index (χ1v) is 9.78. The highest BCUT2D eigenvalue weighted by Gasteiger charge is 2.23. The average Bonchev–Trinajstić information content (AvgIpc) is 2.98. The molecule has 1 aromatic heterocycles. The zero-order valence-corrected chi connectivity index (χ0v) is 14.4. The fourth-order valence-corrected chi connectivity index (χ4v) is 4.22. The number of thioether (sulfide) groups is 1. The summed E-state index contributed by atoms with van der Waals surface area (Å²) < 4.78 is 31.2. The van der Waals surface area contributed by atoms with Crippen LogP contribution in [0, 0.1) is 6.92 Å². The topological polar surface area (TPSA) is 47.3 Å². The predicted octanol–water partition coefficient (Wildman–Crippen LogP) is 4.81. The molecule has 0 atom stereocenters. The van der Waals surface area contributed by atoms with Gasteiger partial charge in [0.25, 0.3) is 0 Å². The van der Waals surface area contributed by atoms with Gasteiger partial charge in [0, 0.05) is 16.5 Å². The molecule has 0 aliphatic heterocycles. The summed E-state index contributed by atoms with van der Waals surface area (Å²) in [4.78, 5) is 1.63. The minimum atomic E-state index is -3.57. The lowest BCUT2D eigenvalue weighted by Gasteiger charge is -2.01. The van der Waals surface area contributed by atoms with E-state index in [0.29, 0.717) is 11.5 Å². The molecule has 5 heteroatoms. The molecule has 0 radical (unpaired) electrons. The van der Waals surface area contributed by atoms with Gasteiger partial charge in [0.1, 0.15) is 16.4 Å². The molecule has 0 aliphatic rings. The monoisotopic (exact) mass is 344 g/mol. The van der Waals surface area contributed by atoms with E-state index in [0.717, 1.165) is 10.5 Å². The van der Waals surface area contributed by atoms with Crippen molar-refractivity contribution in [1.29, 1.82) is 0 Å². The van der Waals surface area contributed by atoms with Crippen molar-refractivity contribution in [2.75, 3.05) is 6.26 Å². The van der Waals surface area contributed by atoms with E-state index in [-0.39, 0.29) is 9.79 Å². The SMILES string of the molecule is CSc1ccc(-c2cc(S(=O)(=O)c3ccccc3)c(C)o2)cc1. The smallest absolute Gasteiger partial charge is 0.210 e. The first kappa shape index (κ1) is 15.9. The van der Waals surface area contributed by atoms with Crippen LogP contribution in [0.4, 0.5) is 0 Å². The van der Waals surface area contributed by atoms with Crippen LogP contribution >= 0.6 is 11.8 Å². The molecule has 3 nitrogen and oxygen atoms in total. The highest BCUT2D eigenvalue weighted by molar-refractivity contribution is 7.98. The number of benzene rings is 2. The van der Waals surface area contributed by atoms with Crippen LogP contribution in [0.3, 0.4) is 0 Å². The summed E-state index contributed by atoms with van der Waals surface area (Å²) in [6.07, 6.45) is 2.01. The van der Waals surface area contributed by atoms with Crippen LogP contribution in [0.15, 0.2) is 79.8 Å². The van der Waals surface area contributed by atoms with Crippen molar-refractivity contribution in [2.24, 2.45) is 0 Å². The Bertz CT molecular complexity index is 909. The van der Waals surface area contributed by atoms with Crippen molar-refractivity contribution in [3.8, 4) is 11.3 Å². The fraction of sp³-hybridized carbons (Fsp3) is 0.111. The number of rotatable bonds is 4. The number of sulfone groups is 1. The Labute approximate surface area is 140 Å². The van der Waals surface area contributed by atoms with Crippen molar-refractivity contribution < 1.29 is 12.8 Å². The molecule has 118 valence electrons. The van der Waals surface area contributed by atoms with E-state index >= 15 is 0 Å². The van der Waals surface area contributed by atoms with Crippen molar-refractivity contribution in [3.05, 3.63) is 66.4 Å². The molecule has 3 aromatic rings. The molecule has 0 N–H and O–H groups in total. The summed E-state index contributed by atoms with van der Waals surface area (Å²) in [5, 5.41) is 0. The lowest BCUT2D eigenvalue weighted by molar-refractivity contribution is 0.535. The zero-order valence-electron chi connectivity index (χ0n) is 12.8. The van der Waals surface area contributed by atoms with Gasteiger partial charge in [0.2, 0.25) is 9.84 Å². The van der Waals surface area contributed by atoms with Crippen LogP contribution in [0.25, 0.3) is 11.3 Å². The van der Waals surface area contributed by atoms with E-state index in [2.05, 4.69) is 0 Å². The maximum atomic E-state index is 12.7. The second-order valence-corrected chi connectivity index (χ2v) is 7.87. The normalized spacial score (nSPS) is 11.6. The standard InChI is InChI=1S/C18H16O3S2/c1-13-18(23(19,20)16-6-4-3-5-7-16)12-17(21-13)14-8-10-15(22-2)11-9-14/h3-12H,1-2H3. The van der Waals surface area contributed by atoms with Gasteiger partial charge >= 0.3 is 0 Å². The van der Waals surface area contributed by atoms with Crippen LogP contribution in [0.2, 0.25) is 0 Å². The molecule has 2 aromatic carbocycles. The summed E-state index contributed by atoms with van der Waals surface area (Å²) in [5.41, 5.74) is 0.861. The van der Waals surface area contributed by atoms with E-state index in [9.17, 15) is 8.42 Å². The molecular weight excluding hydrogens is 328 g/mol. The molecule has 23 heavy (non-hydrogen) atoms. The zero-order chi connectivity index (χ0) is 16.4. The molecule has 0 fully saturated rings. The molecule has 0 saturated carbocycles. The van der Waals surface area contributed by atoms with Crippen molar-refractivity contribution in [3.63, 3.8) is 0 Å². The van der Waals surface area contributed by atoms with Gasteiger partial charge in [-0.25, -0.2) is 8.42 Å². The van der Waals surface area contributed by atoms with E-state index in [1.54, 1.807) is 55.1 Å². The Hall–Kier alpha value is -1.98. The van der Waals surface area contributed by atoms with Gasteiger partial charge in [-0.05, 0) is 37.4 Å². The van der Waals surface area contributed by atoms with Crippen molar-refractivity contribution in [2.45, 2.75) is 21.6 Å². The molecular formula is C18H16O3S2. The van der Waals surface area contributed by atoms with Crippen LogP contribution in [0.5, 0.6) is 0 Å². The van der Waals surface area contributed by atoms with Gasteiger partial charge in [-0.15, -0.1) is 11.8 Å². The van der Waals surface area contributed by atoms with Crippen LogP contribution in [0.1, 0.15) is 5.76 Å². The van der Waals surface area contributed by atoms with E-state index in [1.165, 1.54) is 0 Å². The number of aryl methyl sites for hydroxylation is 1. The molecule has 0 aliphatic carbocycles. The van der Waals surface area contributed by atoms with Gasteiger partial charge in [-0.3, -0.25) is 0 Å². The lowest BCUT2D eigenvalue weighted by atomic mass is 10.2. The summed E-state index contributed by atoms with van der Waals surface area (Å²) in [6, 6.07) is 17.8. The molecule has 0 saturated heterocycles. The minimum absolute atomic E-state index is 0.215.